The van der Waals surface area contributed by atoms with Gasteiger partial charge in [-0.25, -0.2) is 4.39 Å². The monoisotopic (exact) mass is 501 g/mol. The summed E-state index contributed by atoms with van der Waals surface area (Å²) in [6.45, 7) is 0. The molecule has 0 aromatic heterocycles. The fraction of sp³-hybridized carbons (Fsp3) is 0.154. The molecule has 1 unspecified atom stereocenters. The van der Waals surface area contributed by atoms with Gasteiger partial charge in [-0.1, -0.05) is 18.2 Å². The van der Waals surface area contributed by atoms with E-state index in [4.69, 9.17) is 9.47 Å². The van der Waals surface area contributed by atoms with Gasteiger partial charge in [0.2, 0.25) is 0 Å². The summed E-state index contributed by atoms with van der Waals surface area (Å²) in [5.41, 5.74) is -1.32. The molecular weight excluding hydrogens is 482 g/mol. The van der Waals surface area contributed by atoms with E-state index in [0.29, 0.717) is 5.75 Å². The number of halogens is 4. The van der Waals surface area contributed by atoms with Gasteiger partial charge in [0.25, 0.3) is 11.7 Å². The molecule has 0 saturated carbocycles. The average Bonchev–Trinajstić information content (AvgIpc) is 3.13. The van der Waals surface area contributed by atoms with Crippen LogP contribution in [0.5, 0.6) is 11.5 Å². The van der Waals surface area contributed by atoms with Crippen LogP contribution >= 0.6 is 0 Å². The molecule has 1 aliphatic heterocycles. The minimum atomic E-state index is -4.70. The number of ether oxygens (including phenoxy) is 2. The summed E-state index contributed by atoms with van der Waals surface area (Å²) in [6.07, 6.45) is -4.70. The van der Waals surface area contributed by atoms with E-state index in [9.17, 15) is 32.3 Å². The normalized spacial score (nSPS) is 17.4. The van der Waals surface area contributed by atoms with E-state index in [1.54, 1.807) is 0 Å². The summed E-state index contributed by atoms with van der Waals surface area (Å²) in [5.74, 6) is -2.88. The molecule has 0 spiro atoms. The van der Waals surface area contributed by atoms with Crippen molar-refractivity contribution in [2.45, 2.75) is 12.2 Å². The van der Waals surface area contributed by atoms with Gasteiger partial charge in [0, 0.05) is 11.3 Å². The van der Waals surface area contributed by atoms with E-state index >= 15 is 0 Å². The van der Waals surface area contributed by atoms with Crippen molar-refractivity contribution in [3.05, 3.63) is 94.8 Å². The highest BCUT2D eigenvalue weighted by Crippen LogP contribution is 2.44. The predicted octanol–water partition coefficient (Wildman–Crippen LogP) is 5.49. The SMILES string of the molecule is COc1ccc(/C(O)=C2\C(=O)C(=O)N(c3cccc(C(F)(F)F)c3)C2c2ccc(F)cc2)cc1OC. The highest BCUT2D eigenvalue weighted by Gasteiger charge is 2.47. The number of nitrogens with zero attached hydrogens (tertiary/aromatic N) is 1. The standard InChI is InChI=1S/C26H19F4NO5/c1-35-19-11-8-15(12-20(19)36-2)23(32)21-22(14-6-9-17(27)10-7-14)31(25(34)24(21)33)18-5-3-4-16(13-18)26(28,29)30/h3-13,22,32H,1-2H3/b23-21+. The van der Waals surface area contributed by atoms with Crippen molar-refractivity contribution >= 4 is 23.1 Å². The van der Waals surface area contributed by atoms with Crippen molar-refractivity contribution < 1.29 is 41.7 Å². The predicted molar refractivity (Wildman–Crippen MR) is 122 cm³/mol. The molecule has 3 aromatic rings. The minimum Gasteiger partial charge on any atom is -0.507 e. The maximum Gasteiger partial charge on any atom is 0.416 e. The van der Waals surface area contributed by atoms with Gasteiger partial charge in [-0.15, -0.1) is 0 Å². The Morgan fingerprint density at radius 1 is 0.917 bits per heavy atom. The summed E-state index contributed by atoms with van der Waals surface area (Å²) in [4.78, 5) is 27.1. The molecule has 0 aliphatic carbocycles. The number of anilines is 1. The topological polar surface area (TPSA) is 76.1 Å². The fourth-order valence-corrected chi connectivity index (χ4v) is 4.03. The lowest BCUT2D eigenvalue weighted by molar-refractivity contribution is -0.137. The van der Waals surface area contributed by atoms with Crippen molar-refractivity contribution in [1.82, 2.24) is 0 Å². The lowest BCUT2D eigenvalue weighted by Crippen LogP contribution is -2.29. The Morgan fingerprint density at radius 3 is 2.19 bits per heavy atom. The van der Waals surface area contributed by atoms with Crippen LogP contribution in [0.4, 0.5) is 23.2 Å². The number of alkyl halides is 3. The third kappa shape index (κ3) is 4.37. The molecule has 1 fully saturated rings. The number of Topliss-reactive ketones (excluding diaryl/α,β-unsaturated/α-hetero) is 1. The molecule has 1 N–H and O–H groups in total. The van der Waals surface area contributed by atoms with Crippen molar-refractivity contribution in [3.8, 4) is 11.5 Å². The number of rotatable bonds is 5. The molecule has 10 heteroatoms. The van der Waals surface area contributed by atoms with E-state index in [1.165, 1.54) is 50.6 Å². The molecule has 0 bridgehead atoms. The third-order valence-corrected chi connectivity index (χ3v) is 5.74. The van der Waals surface area contributed by atoms with Crippen LogP contribution in [0.3, 0.4) is 0 Å². The average molecular weight is 501 g/mol. The number of carbonyl (C=O) groups excluding carboxylic acids is 2. The summed E-state index contributed by atoms with van der Waals surface area (Å²) < 4.78 is 64.2. The Morgan fingerprint density at radius 2 is 1.58 bits per heavy atom. The Kier molecular flexibility index (Phi) is 6.45. The zero-order valence-corrected chi connectivity index (χ0v) is 19.0. The van der Waals surface area contributed by atoms with Crippen LogP contribution in [0.1, 0.15) is 22.7 Å². The zero-order valence-electron chi connectivity index (χ0n) is 19.0. The molecule has 0 radical (unpaired) electrons. The van der Waals surface area contributed by atoms with Gasteiger partial charge in [0.05, 0.1) is 31.4 Å². The van der Waals surface area contributed by atoms with Crippen LogP contribution in [-0.2, 0) is 15.8 Å². The molecular formula is C26H19F4NO5. The molecule has 4 rings (SSSR count). The summed E-state index contributed by atoms with van der Waals surface area (Å²) in [6, 6.07) is 11.6. The van der Waals surface area contributed by atoms with E-state index in [0.717, 1.165) is 35.2 Å². The number of hydrogen-bond donors (Lipinski definition) is 1. The first-order valence-electron chi connectivity index (χ1n) is 10.5. The largest absolute Gasteiger partial charge is 0.507 e. The van der Waals surface area contributed by atoms with Crippen LogP contribution in [0.15, 0.2) is 72.3 Å². The van der Waals surface area contributed by atoms with E-state index in [2.05, 4.69) is 0 Å². The smallest absolute Gasteiger partial charge is 0.416 e. The number of aliphatic hydroxyl groups excluding tert-OH is 1. The first kappa shape index (κ1) is 24.8. The van der Waals surface area contributed by atoms with E-state index < -0.39 is 41.0 Å². The van der Waals surface area contributed by atoms with Crippen LogP contribution in [-0.4, -0.2) is 31.0 Å². The molecule has 1 heterocycles. The van der Waals surface area contributed by atoms with E-state index in [1.807, 2.05) is 0 Å². The molecule has 1 saturated heterocycles. The second-order valence-electron chi connectivity index (χ2n) is 7.84. The zero-order chi connectivity index (χ0) is 26.2. The van der Waals surface area contributed by atoms with Gasteiger partial charge in [0.15, 0.2) is 11.5 Å². The quantitative estimate of drug-likeness (QED) is 0.217. The van der Waals surface area contributed by atoms with Gasteiger partial charge in [-0.05, 0) is 54.1 Å². The maximum atomic E-state index is 13.6. The van der Waals surface area contributed by atoms with Gasteiger partial charge in [0.1, 0.15) is 11.6 Å². The number of hydrogen-bond acceptors (Lipinski definition) is 5. The van der Waals surface area contributed by atoms with Crippen molar-refractivity contribution in [3.63, 3.8) is 0 Å². The molecule has 1 aliphatic rings. The lowest BCUT2D eigenvalue weighted by atomic mass is 9.95. The number of aliphatic hydroxyl groups is 1. The molecule has 1 atom stereocenters. The third-order valence-electron chi connectivity index (χ3n) is 5.74. The van der Waals surface area contributed by atoms with Crippen LogP contribution in [0, 0.1) is 5.82 Å². The fourth-order valence-electron chi connectivity index (χ4n) is 4.03. The Balaban J connectivity index is 1.94. The molecule has 186 valence electrons. The second-order valence-corrected chi connectivity index (χ2v) is 7.84. The Hall–Kier alpha value is -4.34. The van der Waals surface area contributed by atoms with Crippen molar-refractivity contribution in [2.24, 2.45) is 0 Å². The van der Waals surface area contributed by atoms with Gasteiger partial charge in [-0.3, -0.25) is 14.5 Å². The summed E-state index contributed by atoms with van der Waals surface area (Å²) in [5, 5.41) is 11.2. The molecule has 6 nitrogen and oxygen atoms in total. The van der Waals surface area contributed by atoms with Gasteiger partial charge in [-0.2, -0.15) is 13.2 Å². The van der Waals surface area contributed by atoms with Crippen LogP contribution in [0.2, 0.25) is 0 Å². The number of benzene rings is 3. The summed E-state index contributed by atoms with van der Waals surface area (Å²) >= 11 is 0. The first-order valence-corrected chi connectivity index (χ1v) is 10.5. The van der Waals surface area contributed by atoms with Crippen molar-refractivity contribution in [2.75, 3.05) is 19.1 Å². The Labute approximate surface area is 203 Å². The number of carbonyl (C=O) groups is 2. The molecule has 3 aromatic carbocycles. The van der Waals surface area contributed by atoms with Crippen LogP contribution in [0.25, 0.3) is 5.76 Å². The number of ketones is 1. The molecule has 1 amide bonds. The highest BCUT2D eigenvalue weighted by molar-refractivity contribution is 6.51. The maximum absolute atomic E-state index is 13.6. The van der Waals surface area contributed by atoms with Crippen molar-refractivity contribution in [1.29, 1.82) is 0 Å². The summed E-state index contributed by atoms with van der Waals surface area (Å²) in [7, 11) is 2.78. The lowest BCUT2D eigenvalue weighted by Gasteiger charge is -2.26. The van der Waals surface area contributed by atoms with Gasteiger partial charge >= 0.3 is 6.18 Å². The Bertz CT molecular complexity index is 1370. The number of amides is 1. The van der Waals surface area contributed by atoms with E-state index in [-0.39, 0.29) is 28.1 Å². The number of methoxy groups -OCH3 is 2. The second kappa shape index (κ2) is 9.37. The minimum absolute atomic E-state index is 0.0989. The first-order chi connectivity index (χ1) is 17.1. The highest BCUT2D eigenvalue weighted by atomic mass is 19.4. The van der Waals surface area contributed by atoms with Gasteiger partial charge < -0.3 is 14.6 Å². The molecule has 36 heavy (non-hydrogen) atoms. The van der Waals surface area contributed by atoms with Crippen LogP contribution < -0.4 is 14.4 Å².